The van der Waals surface area contributed by atoms with Gasteiger partial charge in [-0.3, -0.25) is 13.8 Å². The number of allylic oxidation sites excluding steroid dienone is 16. The summed E-state index contributed by atoms with van der Waals surface area (Å²) in [5.74, 6) is -0.432. The second-order valence-electron chi connectivity index (χ2n) is 14.7. The summed E-state index contributed by atoms with van der Waals surface area (Å²) in [5.41, 5.74) is 0. The van der Waals surface area contributed by atoms with Gasteiger partial charge in [-0.15, -0.1) is 0 Å². The fourth-order valence-corrected chi connectivity index (χ4v) is 6.35. The van der Waals surface area contributed by atoms with Crippen LogP contribution in [0.5, 0.6) is 0 Å². The normalized spacial score (nSPS) is 14.9. The summed E-state index contributed by atoms with van der Waals surface area (Å²) in [6.45, 7) is 3.28. The van der Waals surface area contributed by atoms with Crippen LogP contribution in [0.1, 0.15) is 162 Å². The highest BCUT2D eigenvalue weighted by molar-refractivity contribution is 7.47. The maximum atomic E-state index is 12.6. The monoisotopic (exact) mass is 847 g/mol. The van der Waals surface area contributed by atoms with E-state index in [2.05, 4.69) is 111 Å². The number of hydrogen-bond donors (Lipinski definition) is 3. The third-order valence-corrected chi connectivity index (χ3v) is 9.95. The number of carbonyl (C=O) groups is 1. The van der Waals surface area contributed by atoms with Crippen molar-refractivity contribution in [3.8, 4) is 0 Å². The Balaban J connectivity index is 4.29. The van der Waals surface area contributed by atoms with E-state index in [1.54, 1.807) is 0 Å². The second kappa shape index (κ2) is 44.9. The zero-order valence-electron chi connectivity index (χ0n) is 36.9. The molecule has 0 fully saturated rings. The summed E-state index contributed by atoms with van der Waals surface area (Å²) < 4.78 is 33.4. The van der Waals surface area contributed by atoms with Crippen molar-refractivity contribution in [1.29, 1.82) is 0 Å². The van der Waals surface area contributed by atoms with Crippen molar-refractivity contribution >= 4 is 13.8 Å². The van der Waals surface area contributed by atoms with Gasteiger partial charge in [0.2, 0.25) is 0 Å². The van der Waals surface area contributed by atoms with E-state index in [0.29, 0.717) is 13.0 Å². The number of ether oxygens (including phenoxy) is 2. The smallest absolute Gasteiger partial charge is 0.457 e. The zero-order valence-corrected chi connectivity index (χ0v) is 37.8. The molecule has 10 heteroatoms. The van der Waals surface area contributed by atoms with Gasteiger partial charge in [-0.05, 0) is 96.3 Å². The average molecular weight is 847 g/mol. The third kappa shape index (κ3) is 44.8. The number of esters is 1. The molecule has 0 bridgehead atoms. The first-order valence-electron chi connectivity index (χ1n) is 22.7. The maximum absolute atomic E-state index is 12.6. The molecule has 0 aromatic rings. The van der Waals surface area contributed by atoms with Gasteiger partial charge in [0.25, 0.3) is 0 Å². The number of aliphatic hydroxyl groups excluding tert-OH is 2. The van der Waals surface area contributed by atoms with Crippen molar-refractivity contribution in [3.63, 3.8) is 0 Å². The number of hydrogen-bond acceptors (Lipinski definition) is 8. The molecular formula is C49H83O9P. The molecule has 0 aromatic heterocycles. The molecule has 0 amide bonds. The zero-order chi connectivity index (χ0) is 43.2. The topological polar surface area (TPSA) is 132 Å². The Morgan fingerprint density at radius 1 is 0.542 bits per heavy atom. The van der Waals surface area contributed by atoms with E-state index >= 15 is 0 Å². The minimum absolute atomic E-state index is 0.0178. The van der Waals surface area contributed by atoms with Gasteiger partial charge in [-0.2, -0.15) is 0 Å². The Kier molecular flexibility index (Phi) is 42.9. The van der Waals surface area contributed by atoms with Crippen LogP contribution in [0, 0.1) is 0 Å². The third-order valence-electron chi connectivity index (χ3n) is 9.00. The molecule has 0 aliphatic rings. The molecule has 3 N–H and O–H groups in total. The molecular weight excluding hydrogens is 764 g/mol. The van der Waals surface area contributed by atoms with E-state index < -0.39 is 45.8 Å². The van der Waals surface area contributed by atoms with Gasteiger partial charge < -0.3 is 24.6 Å². The minimum atomic E-state index is -4.54. The van der Waals surface area contributed by atoms with E-state index in [-0.39, 0.29) is 13.0 Å². The van der Waals surface area contributed by atoms with Gasteiger partial charge in [0, 0.05) is 13.0 Å². The molecule has 59 heavy (non-hydrogen) atoms. The minimum Gasteiger partial charge on any atom is -0.457 e. The molecule has 9 nitrogen and oxygen atoms in total. The fraction of sp³-hybridized carbons (Fsp3) is 0.653. The van der Waals surface area contributed by atoms with Crippen LogP contribution in [0.25, 0.3) is 0 Å². The van der Waals surface area contributed by atoms with Gasteiger partial charge in [0.1, 0.15) is 12.2 Å². The number of phosphoric acid groups is 1. The van der Waals surface area contributed by atoms with Crippen molar-refractivity contribution in [2.75, 3.05) is 33.0 Å². The Labute approximate surface area is 359 Å². The summed E-state index contributed by atoms with van der Waals surface area (Å²) in [6.07, 6.45) is 56.5. The summed E-state index contributed by atoms with van der Waals surface area (Å²) in [7, 11) is -4.54. The van der Waals surface area contributed by atoms with E-state index in [1.807, 2.05) is 0 Å². The predicted molar refractivity (Wildman–Crippen MR) is 246 cm³/mol. The van der Waals surface area contributed by atoms with Crippen LogP contribution in [0.3, 0.4) is 0 Å². The Morgan fingerprint density at radius 3 is 1.46 bits per heavy atom. The van der Waals surface area contributed by atoms with Crippen LogP contribution in [-0.2, 0) is 27.9 Å². The maximum Gasteiger partial charge on any atom is 0.472 e. The van der Waals surface area contributed by atoms with E-state index in [9.17, 15) is 19.4 Å². The van der Waals surface area contributed by atoms with Gasteiger partial charge in [0.05, 0.1) is 26.4 Å². The number of rotatable bonds is 42. The molecule has 0 aromatic carbocycles. The van der Waals surface area contributed by atoms with E-state index in [4.69, 9.17) is 23.6 Å². The lowest BCUT2D eigenvalue weighted by Gasteiger charge is -2.20. The molecule has 3 atom stereocenters. The number of unbranched alkanes of at least 4 members (excludes halogenated alkanes) is 12. The van der Waals surface area contributed by atoms with Crippen LogP contribution >= 0.6 is 7.82 Å². The lowest BCUT2D eigenvalue weighted by molar-refractivity contribution is -0.154. The lowest BCUT2D eigenvalue weighted by Crippen LogP contribution is -2.29. The standard InChI is InChI=1S/C49H83O9P/c1-3-5-7-9-11-13-15-17-19-21-22-23-24-25-27-29-31-33-35-37-39-41-49(52)58-48(46-57-59(53,54)56-44-47(51)43-50)45-55-42-40-38-36-34-32-30-28-26-20-18-16-14-12-10-8-6-4-2/h5,7,11,13-14,16-17,19-20,22-23,25-27,31,33,47-48,50-51H,3-4,6,8-10,12,15,18,21,24,28-30,32,34-46H2,1-2H3,(H,53,54)/b7-5-,13-11-,16-14-,19-17-,23-22-,26-20-,27-25-,33-31-. The first kappa shape index (κ1) is 56.4. The first-order valence-corrected chi connectivity index (χ1v) is 24.2. The Hall–Kier alpha value is -2.62. The first-order chi connectivity index (χ1) is 28.8. The molecule has 338 valence electrons. The number of phosphoric ester groups is 1. The number of aliphatic hydroxyl groups is 2. The van der Waals surface area contributed by atoms with Crippen molar-refractivity contribution in [2.24, 2.45) is 0 Å². The molecule has 0 radical (unpaired) electrons. The highest BCUT2D eigenvalue weighted by atomic mass is 31.2. The van der Waals surface area contributed by atoms with Crippen LogP contribution in [0.2, 0.25) is 0 Å². The second-order valence-corrected chi connectivity index (χ2v) is 16.1. The van der Waals surface area contributed by atoms with Crippen molar-refractivity contribution in [3.05, 3.63) is 97.2 Å². The van der Waals surface area contributed by atoms with Gasteiger partial charge >= 0.3 is 13.8 Å². The molecule has 0 saturated heterocycles. The lowest BCUT2D eigenvalue weighted by atomic mass is 10.1. The predicted octanol–water partition coefficient (Wildman–Crippen LogP) is 12.9. The summed E-state index contributed by atoms with van der Waals surface area (Å²) >= 11 is 0. The molecule has 0 saturated carbocycles. The number of carbonyl (C=O) groups excluding carboxylic acids is 1. The highest BCUT2D eigenvalue weighted by Crippen LogP contribution is 2.43. The van der Waals surface area contributed by atoms with Crippen LogP contribution < -0.4 is 0 Å². The Morgan fingerprint density at radius 2 is 0.966 bits per heavy atom. The summed E-state index contributed by atoms with van der Waals surface area (Å²) in [4.78, 5) is 22.6. The Bertz CT molecular complexity index is 1230. The highest BCUT2D eigenvalue weighted by Gasteiger charge is 2.26. The molecule has 0 spiro atoms. The molecule has 0 aliphatic carbocycles. The van der Waals surface area contributed by atoms with E-state index in [0.717, 1.165) is 83.5 Å². The fourth-order valence-electron chi connectivity index (χ4n) is 5.56. The van der Waals surface area contributed by atoms with Gasteiger partial charge in [0.15, 0.2) is 0 Å². The molecule has 0 heterocycles. The quantitative estimate of drug-likeness (QED) is 0.0238. The van der Waals surface area contributed by atoms with Gasteiger partial charge in [-0.1, -0.05) is 156 Å². The largest absolute Gasteiger partial charge is 0.472 e. The molecule has 0 aliphatic heterocycles. The molecule has 3 unspecified atom stereocenters. The summed E-state index contributed by atoms with van der Waals surface area (Å²) in [6, 6.07) is 0. The van der Waals surface area contributed by atoms with Gasteiger partial charge in [-0.25, -0.2) is 4.57 Å². The van der Waals surface area contributed by atoms with Crippen molar-refractivity contribution in [2.45, 2.75) is 174 Å². The van der Waals surface area contributed by atoms with Crippen LogP contribution in [-0.4, -0.2) is 66.3 Å². The van der Waals surface area contributed by atoms with Crippen molar-refractivity contribution < 1.29 is 43.0 Å². The summed E-state index contributed by atoms with van der Waals surface area (Å²) in [5, 5.41) is 18.4. The average Bonchev–Trinajstić information content (AvgIpc) is 3.23. The SMILES string of the molecule is CC/C=C\C/C=C\C/C=C\C/C=C\C/C=C\C/C=C\CCCCC(=O)OC(COCCCCCCCC/C=C\C/C=C\CCCCCC)COP(=O)(O)OCC(O)CO. The molecule has 0 rings (SSSR count). The van der Waals surface area contributed by atoms with Crippen LogP contribution in [0.15, 0.2) is 97.2 Å². The van der Waals surface area contributed by atoms with E-state index in [1.165, 1.54) is 51.4 Å². The van der Waals surface area contributed by atoms with Crippen molar-refractivity contribution in [1.82, 2.24) is 0 Å². The van der Waals surface area contributed by atoms with Crippen LogP contribution in [0.4, 0.5) is 0 Å².